The molecule has 1 aliphatic carbocycles. The molecule has 0 saturated heterocycles. The topological polar surface area (TPSA) is 89.7 Å². The Morgan fingerprint density at radius 3 is 2.42 bits per heavy atom. The van der Waals surface area contributed by atoms with Crippen LogP contribution in [0.5, 0.6) is 0 Å². The van der Waals surface area contributed by atoms with E-state index in [1.807, 2.05) is 0 Å². The molecule has 1 saturated carbocycles. The van der Waals surface area contributed by atoms with Gasteiger partial charge in [0.1, 0.15) is 0 Å². The third-order valence-electron chi connectivity index (χ3n) is 3.98. The first-order chi connectivity index (χ1) is 8.98. The lowest BCUT2D eigenvalue weighted by Crippen LogP contribution is -2.59. The van der Waals surface area contributed by atoms with Gasteiger partial charge in [0, 0.05) is 17.3 Å². The van der Waals surface area contributed by atoms with Crippen LogP contribution < -0.4 is 0 Å². The maximum Gasteiger partial charge on any atom is 0.345 e. The summed E-state index contributed by atoms with van der Waals surface area (Å²) in [5, 5.41) is 21.9. The van der Waals surface area contributed by atoms with Crippen LogP contribution in [0.4, 0.5) is 0 Å². The number of hydrogen-bond donors (Lipinski definition) is 1. The first-order valence-corrected chi connectivity index (χ1v) is 7.01. The summed E-state index contributed by atoms with van der Waals surface area (Å²) < 4.78 is 4.90. The van der Waals surface area contributed by atoms with Crippen LogP contribution in [0.3, 0.4) is 0 Å². The molecule has 0 aromatic carbocycles. The molecule has 6 nitrogen and oxygen atoms in total. The molecule has 0 aliphatic heterocycles. The number of carbonyl (C=O) groups is 1. The van der Waals surface area contributed by atoms with E-state index in [1.54, 1.807) is 13.8 Å². The lowest BCUT2D eigenvalue weighted by molar-refractivity contribution is -0.545. The van der Waals surface area contributed by atoms with Gasteiger partial charge in [-0.1, -0.05) is 26.2 Å². The molecule has 0 unspecified atom stereocenters. The number of nitrogens with zero attached hydrogens (tertiary/aromatic N) is 1. The number of ether oxygens (including phenoxy) is 1. The van der Waals surface area contributed by atoms with E-state index >= 15 is 0 Å². The van der Waals surface area contributed by atoms with Crippen molar-refractivity contribution in [3.8, 4) is 0 Å². The zero-order valence-electron chi connectivity index (χ0n) is 11.6. The molecule has 1 N–H and O–H groups in total. The predicted octanol–water partition coefficient (Wildman–Crippen LogP) is 1.92. The molecular formula is C13H23NO5. The van der Waals surface area contributed by atoms with Gasteiger partial charge >= 0.3 is 5.97 Å². The molecule has 19 heavy (non-hydrogen) atoms. The van der Waals surface area contributed by atoms with Gasteiger partial charge in [0.15, 0.2) is 0 Å². The van der Waals surface area contributed by atoms with Crippen molar-refractivity contribution in [1.29, 1.82) is 0 Å². The second-order valence-electron chi connectivity index (χ2n) is 5.09. The summed E-state index contributed by atoms with van der Waals surface area (Å²) in [6, 6.07) is -1.30. The van der Waals surface area contributed by atoms with Crippen molar-refractivity contribution in [2.75, 3.05) is 6.61 Å². The van der Waals surface area contributed by atoms with Crippen LogP contribution in [0, 0.1) is 16.0 Å². The van der Waals surface area contributed by atoms with Crippen molar-refractivity contribution in [3.05, 3.63) is 10.1 Å². The monoisotopic (exact) mass is 273 g/mol. The number of esters is 1. The molecule has 1 fully saturated rings. The van der Waals surface area contributed by atoms with E-state index in [4.69, 9.17) is 4.74 Å². The minimum absolute atomic E-state index is 0.110. The zero-order chi connectivity index (χ0) is 14.5. The molecule has 1 rings (SSSR count). The van der Waals surface area contributed by atoms with Gasteiger partial charge in [0.25, 0.3) is 6.04 Å². The Hall–Kier alpha value is -1.17. The Morgan fingerprint density at radius 2 is 2.00 bits per heavy atom. The average molecular weight is 273 g/mol. The van der Waals surface area contributed by atoms with Crippen LogP contribution in [0.2, 0.25) is 0 Å². The van der Waals surface area contributed by atoms with Crippen molar-refractivity contribution < 1.29 is 19.6 Å². The predicted molar refractivity (Wildman–Crippen MR) is 69.2 cm³/mol. The summed E-state index contributed by atoms with van der Waals surface area (Å²) in [7, 11) is 0. The Bertz CT molecular complexity index is 327. The van der Waals surface area contributed by atoms with E-state index < -0.39 is 22.5 Å². The molecule has 0 amide bonds. The van der Waals surface area contributed by atoms with Crippen LogP contribution >= 0.6 is 0 Å². The Morgan fingerprint density at radius 1 is 1.42 bits per heavy atom. The molecule has 0 aromatic rings. The largest absolute Gasteiger partial charge is 0.464 e. The second-order valence-corrected chi connectivity index (χ2v) is 5.09. The van der Waals surface area contributed by atoms with Crippen molar-refractivity contribution in [2.45, 2.75) is 64.0 Å². The second kappa shape index (κ2) is 6.84. The number of carbonyl (C=O) groups excluding carboxylic acids is 1. The molecule has 0 aromatic heterocycles. The maximum atomic E-state index is 12.1. The highest BCUT2D eigenvalue weighted by atomic mass is 16.6. The van der Waals surface area contributed by atoms with Crippen LogP contribution in [0.15, 0.2) is 0 Å². The normalized spacial score (nSPS) is 21.4. The summed E-state index contributed by atoms with van der Waals surface area (Å²) in [5.41, 5.74) is -1.99. The minimum Gasteiger partial charge on any atom is -0.464 e. The van der Waals surface area contributed by atoms with Gasteiger partial charge in [-0.25, -0.2) is 4.79 Å². The van der Waals surface area contributed by atoms with Crippen LogP contribution in [0.25, 0.3) is 0 Å². The third-order valence-corrected chi connectivity index (χ3v) is 3.98. The van der Waals surface area contributed by atoms with Gasteiger partial charge in [-0.2, -0.15) is 0 Å². The van der Waals surface area contributed by atoms with E-state index in [-0.39, 0.29) is 18.9 Å². The van der Waals surface area contributed by atoms with Crippen molar-refractivity contribution in [1.82, 2.24) is 0 Å². The van der Waals surface area contributed by atoms with E-state index in [9.17, 15) is 20.0 Å². The molecule has 0 bridgehead atoms. The van der Waals surface area contributed by atoms with E-state index in [1.165, 1.54) is 0 Å². The Labute approximate surface area is 113 Å². The van der Waals surface area contributed by atoms with Crippen LogP contribution in [0.1, 0.15) is 52.4 Å². The molecule has 2 atom stereocenters. The molecule has 0 spiro atoms. The summed E-state index contributed by atoms with van der Waals surface area (Å²) in [4.78, 5) is 22.7. The van der Waals surface area contributed by atoms with Crippen LogP contribution in [-0.2, 0) is 9.53 Å². The number of rotatable bonds is 6. The van der Waals surface area contributed by atoms with Gasteiger partial charge in [-0.3, -0.25) is 10.1 Å². The van der Waals surface area contributed by atoms with E-state index in [0.717, 1.165) is 19.3 Å². The van der Waals surface area contributed by atoms with Gasteiger partial charge in [-0.05, 0) is 19.8 Å². The van der Waals surface area contributed by atoms with Gasteiger partial charge in [0.05, 0.1) is 6.61 Å². The molecule has 6 heteroatoms. The van der Waals surface area contributed by atoms with Crippen molar-refractivity contribution in [2.24, 2.45) is 5.92 Å². The maximum absolute atomic E-state index is 12.1. The highest BCUT2D eigenvalue weighted by Crippen LogP contribution is 2.37. The van der Waals surface area contributed by atoms with E-state index in [2.05, 4.69) is 0 Å². The number of aliphatic hydroxyl groups is 1. The van der Waals surface area contributed by atoms with Gasteiger partial charge < -0.3 is 9.84 Å². The molecule has 0 heterocycles. The van der Waals surface area contributed by atoms with Crippen molar-refractivity contribution in [3.63, 3.8) is 0 Å². The van der Waals surface area contributed by atoms with Crippen molar-refractivity contribution >= 4 is 5.97 Å². The van der Waals surface area contributed by atoms with Gasteiger partial charge in [-0.15, -0.1) is 0 Å². The fraction of sp³-hybridized carbons (Fsp3) is 0.923. The molecule has 0 radical (unpaired) electrons. The smallest absolute Gasteiger partial charge is 0.345 e. The highest BCUT2D eigenvalue weighted by molar-refractivity contribution is 5.80. The summed E-state index contributed by atoms with van der Waals surface area (Å²) in [6.45, 7) is 3.36. The lowest BCUT2D eigenvalue weighted by Gasteiger charge is -2.37. The summed E-state index contributed by atoms with van der Waals surface area (Å²) >= 11 is 0. The Balaban J connectivity index is 3.06. The van der Waals surface area contributed by atoms with Crippen LogP contribution in [-0.4, -0.2) is 34.2 Å². The fourth-order valence-corrected chi connectivity index (χ4v) is 2.99. The minimum atomic E-state index is -1.99. The average Bonchev–Trinajstić information content (AvgIpc) is 2.40. The third kappa shape index (κ3) is 3.23. The molecular weight excluding hydrogens is 250 g/mol. The van der Waals surface area contributed by atoms with E-state index in [0.29, 0.717) is 12.8 Å². The zero-order valence-corrected chi connectivity index (χ0v) is 11.6. The standard InChI is InChI=1S/C13H23NO5/c1-3-11(14(17)18)13(16,12(15)19-4-2)10-8-6-5-7-9-10/h10-11,16H,3-9H2,1-2H3/t11-,13-/m0/s1. The molecule has 110 valence electrons. The SMILES string of the molecule is CCOC(=O)[C@](O)(C1CCCCC1)[C@H](CC)[N+](=O)[O-]. The summed E-state index contributed by atoms with van der Waals surface area (Å²) in [6.07, 6.45) is 4.21. The summed E-state index contributed by atoms with van der Waals surface area (Å²) in [5.74, 6) is -1.22. The molecule has 1 aliphatic rings. The quantitative estimate of drug-likeness (QED) is 0.453. The fourth-order valence-electron chi connectivity index (χ4n) is 2.99. The first kappa shape index (κ1) is 15.9. The van der Waals surface area contributed by atoms with Gasteiger partial charge in [0.2, 0.25) is 5.60 Å². The highest BCUT2D eigenvalue weighted by Gasteiger charge is 2.57. The Kier molecular flexibility index (Phi) is 5.72. The first-order valence-electron chi connectivity index (χ1n) is 7.01. The number of nitro groups is 1. The number of hydrogen-bond acceptors (Lipinski definition) is 5. The lowest BCUT2D eigenvalue weighted by atomic mass is 9.72.